The summed E-state index contributed by atoms with van der Waals surface area (Å²) in [4.78, 5) is 41.5. The van der Waals surface area contributed by atoms with E-state index < -0.39 is 12.1 Å². The van der Waals surface area contributed by atoms with E-state index in [1.165, 1.54) is 5.56 Å². The fraction of sp³-hybridized carbons (Fsp3) is 0.400. The van der Waals surface area contributed by atoms with Gasteiger partial charge in [0.1, 0.15) is 17.5 Å². The Hall–Kier alpha value is -3.16. The second-order valence-electron chi connectivity index (χ2n) is 7.08. The van der Waals surface area contributed by atoms with Crippen LogP contribution >= 0.6 is 0 Å². The van der Waals surface area contributed by atoms with Gasteiger partial charge in [-0.25, -0.2) is 9.78 Å². The van der Waals surface area contributed by atoms with Gasteiger partial charge in [-0.05, 0) is 18.4 Å². The lowest BCUT2D eigenvalue weighted by atomic mass is 10.1. The normalized spacial score (nSPS) is 18.6. The van der Waals surface area contributed by atoms with Crippen molar-refractivity contribution in [2.75, 3.05) is 6.54 Å². The van der Waals surface area contributed by atoms with Crippen molar-refractivity contribution >= 4 is 17.8 Å². The van der Waals surface area contributed by atoms with Crippen molar-refractivity contribution in [3.05, 3.63) is 53.2 Å². The second-order valence-corrected chi connectivity index (χ2v) is 7.08. The highest BCUT2D eigenvalue weighted by Crippen LogP contribution is 2.22. The van der Waals surface area contributed by atoms with Crippen LogP contribution in [0.4, 0.5) is 4.79 Å². The Morgan fingerprint density at radius 1 is 1.21 bits per heavy atom. The molecule has 1 saturated heterocycles. The molecule has 4 amide bonds. The molecular formula is C20H22N4O4. The number of carbonyl (C=O) groups is 3. The van der Waals surface area contributed by atoms with Gasteiger partial charge in [-0.1, -0.05) is 30.3 Å². The summed E-state index contributed by atoms with van der Waals surface area (Å²) in [6.45, 7) is 0.995. The van der Waals surface area contributed by atoms with Crippen LogP contribution in [0.15, 0.2) is 34.7 Å². The summed E-state index contributed by atoms with van der Waals surface area (Å²) in [7, 11) is 0. The van der Waals surface area contributed by atoms with Crippen LogP contribution in [-0.4, -0.2) is 40.3 Å². The lowest BCUT2D eigenvalue weighted by Gasteiger charge is -2.25. The van der Waals surface area contributed by atoms with Gasteiger partial charge < -0.3 is 14.6 Å². The number of hydrogen-bond donors (Lipinski definition) is 2. The summed E-state index contributed by atoms with van der Waals surface area (Å²) in [5, 5.41) is 4.68. The number of aromatic nitrogens is 1. The quantitative estimate of drug-likeness (QED) is 0.734. The largest absolute Gasteiger partial charge is 0.445 e. The van der Waals surface area contributed by atoms with E-state index in [-0.39, 0.29) is 18.2 Å². The van der Waals surface area contributed by atoms with E-state index in [2.05, 4.69) is 27.8 Å². The van der Waals surface area contributed by atoms with E-state index in [1.54, 1.807) is 4.90 Å². The monoisotopic (exact) mass is 382 g/mol. The van der Waals surface area contributed by atoms with Crippen LogP contribution in [0.3, 0.4) is 0 Å². The molecule has 8 heteroatoms. The standard InChI is InChI=1S/C20H22N4O4/c25-18(9-7-14-19(26)23-20(27)22-14)24-11-10-16-15(12-24)21-17(28-16)8-6-13-4-2-1-3-5-13/h1-5,14H,6-12H2,(H2,22,23,26,27)/t14-/m0/s1. The zero-order chi connectivity index (χ0) is 19.5. The first-order chi connectivity index (χ1) is 13.6. The third-order valence-corrected chi connectivity index (χ3v) is 5.10. The highest BCUT2D eigenvalue weighted by atomic mass is 16.4. The fourth-order valence-corrected chi connectivity index (χ4v) is 3.56. The van der Waals surface area contributed by atoms with Crippen molar-refractivity contribution in [1.29, 1.82) is 0 Å². The summed E-state index contributed by atoms with van der Waals surface area (Å²) >= 11 is 0. The average Bonchev–Trinajstić information content (AvgIpc) is 3.26. The zero-order valence-corrected chi connectivity index (χ0v) is 15.4. The number of amides is 4. The molecule has 2 N–H and O–H groups in total. The molecule has 1 aromatic carbocycles. The summed E-state index contributed by atoms with van der Waals surface area (Å²) < 4.78 is 5.87. The molecule has 1 aromatic heterocycles. The lowest BCUT2D eigenvalue weighted by molar-refractivity contribution is -0.132. The number of urea groups is 1. The van der Waals surface area contributed by atoms with Crippen molar-refractivity contribution < 1.29 is 18.8 Å². The minimum atomic E-state index is -0.631. The van der Waals surface area contributed by atoms with Crippen molar-refractivity contribution in [3.8, 4) is 0 Å². The Balaban J connectivity index is 1.30. The van der Waals surface area contributed by atoms with E-state index in [9.17, 15) is 14.4 Å². The number of nitrogens with zero attached hydrogens (tertiary/aromatic N) is 2. The van der Waals surface area contributed by atoms with E-state index >= 15 is 0 Å². The lowest BCUT2D eigenvalue weighted by Crippen LogP contribution is -2.37. The average molecular weight is 382 g/mol. The number of fused-ring (bicyclic) bond motifs is 1. The summed E-state index contributed by atoms with van der Waals surface area (Å²) in [6.07, 6.45) is 2.72. The minimum Gasteiger partial charge on any atom is -0.445 e. The molecule has 2 aliphatic rings. The van der Waals surface area contributed by atoms with Crippen LogP contribution in [0.25, 0.3) is 0 Å². The van der Waals surface area contributed by atoms with Crippen LogP contribution < -0.4 is 10.6 Å². The first-order valence-electron chi connectivity index (χ1n) is 9.49. The Bertz CT molecular complexity index is 893. The maximum atomic E-state index is 12.5. The molecule has 0 saturated carbocycles. The number of hydrogen-bond acceptors (Lipinski definition) is 5. The van der Waals surface area contributed by atoms with Crippen molar-refractivity contribution in [2.45, 2.75) is 44.7 Å². The molecule has 4 rings (SSSR count). The molecule has 0 aliphatic carbocycles. The van der Waals surface area contributed by atoms with Gasteiger partial charge >= 0.3 is 6.03 Å². The van der Waals surface area contributed by atoms with Gasteiger partial charge in [-0.15, -0.1) is 0 Å². The predicted molar refractivity (Wildman–Crippen MR) is 99.2 cm³/mol. The smallest absolute Gasteiger partial charge is 0.322 e. The number of benzene rings is 1. The number of aryl methyl sites for hydroxylation is 2. The highest BCUT2D eigenvalue weighted by Gasteiger charge is 2.31. The van der Waals surface area contributed by atoms with Crippen LogP contribution in [0.5, 0.6) is 0 Å². The number of nitrogens with one attached hydrogen (secondary N) is 2. The molecule has 0 spiro atoms. The fourth-order valence-electron chi connectivity index (χ4n) is 3.56. The molecule has 1 atom stereocenters. The molecular weight excluding hydrogens is 360 g/mol. The van der Waals surface area contributed by atoms with Gasteiger partial charge in [0.15, 0.2) is 5.89 Å². The second kappa shape index (κ2) is 7.84. The summed E-state index contributed by atoms with van der Waals surface area (Å²) in [5.74, 6) is 1.13. The predicted octanol–water partition coefficient (Wildman–Crippen LogP) is 1.33. The molecule has 146 valence electrons. The SMILES string of the molecule is O=C1NC(=O)[C@H](CCC(=O)N2CCc3oc(CCc4ccccc4)nc3C2)N1. The van der Waals surface area contributed by atoms with E-state index in [0.29, 0.717) is 31.8 Å². The Morgan fingerprint density at radius 3 is 2.79 bits per heavy atom. The third-order valence-electron chi connectivity index (χ3n) is 5.10. The number of carbonyl (C=O) groups excluding carboxylic acids is 3. The van der Waals surface area contributed by atoms with Gasteiger partial charge in [0.25, 0.3) is 5.91 Å². The molecule has 2 aliphatic heterocycles. The van der Waals surface area contributed by atoms with Gasteiger partial charge in [-0.2, -0.15) is 0 Å². The Labute approximate surface area is 162 Å². The molecule has 0 radical (unpaired) electrons. The third kappa shape index (κ3) is 4.05. The van der Waals surface area contributed by atoms with E-state index in [0.717, 1.165) is 24.3 Å². The Morgan fingerprint density at radius 2 is 2.04 bits per heavy atom. The van der Waals surface area contributed by atoms with Crippen LogP contribution in [-0.2, 0) is 35.4 Å². The number of imide groups is 1. The zero-order valence-electron chi connectivity index (χ0n) is 15.4. The maximum Gasteiger partial charge on any atom is 0.322 e. The van der Waals surface area contributed by atoms with Crippen molar-refractivity contribution in [3.63, 3.8) is 0 Å². The molecule has 8 nitrogen and oxygen atoms in total. The van der Waals surface area contributed by atoms with Gasteiger partial charge in [-0.3, -0.25) is 14.9 Å². The molecule has 3 heterocycles. The molecule has 0 unspecified atom stereocenters. The minimum absolute atomic E-state index is 0.0477. The molecule has 0 bridgehead atoms. The maximum absolute atomic E-state index is 12.5. The van der Waals surface area contributed by atoms with Gasteiger partial charge in [0.2, 0.25) is 5.91 Å². The summed E-state index contributed by atoms with van der Waals surface area (Å²) in [6, 6.07) is 9.04. The summed E-state index contributed by atoms with van der Waals surface area (Å²) in [5.41, 5.74) is 2.05. The van der Waals surface area contributed by atoms with E-state index in [4.69, 9.17) is 4.42 Å². The van der Waals surface area contributed by atoms with Crippen LogP contribution in [0.1, 0.15) is 35.7 Å². The molecule has 28 heavy (non-hydrogen) atoms. The number of rotatable bonds is 6. The first-order valence-corrected chi connectivity index (χ1v) is 9.49. The van der Waals surface area contributed by atoms with Crippen LogP contribution in [0.2, 0.25) is 0 Å². The first kappa shape index (κ1) is 18.2. The van der Waals surface area contributed by atoms with Crippen molar-refractivity contribution in [2.24, 2.45) is 0 Å². The molecule has 1 fully saturated rings. The van der Waals surface area contributed by atoms with Gasteiger partial charge in [0, 0.05) is 25.8 Å². The Kier molecular flexibility index (Phi) is 5.10. The van der Waals surface area contributed by atoms with Gasteiger partial charge in [0.05, 0.1) is 6.54 Å². The van der Waals surface area contributed by atoms with E-state index in [1.807, 2.05) is 18.2 Å². The number of oxazole rings is 1. The van der Waals surface area contributed by atoms with Crippen LogP contribution in [0, 0.1) is 0 Å². The topological polar surface area (TPSA) is 105 Å². The molecule has 2 aromatic rings. The highest BCUT2D eigenvalue weighted by molar-refractivity contribution is 6.04. The van der Waals surface area contributed by atoms with Crippen molar-refractivity contribution in [1.82, 2.24) is 20.5 Å².